The first-order valence-corrected chi connectivity index (χ1v) is 11.0. The zero-order valence-corrected chi connectivity index (χ0v) is 18.7. The summed E-state index contributed by atoms with van der Waals surface area (Å²) in [5.74, 6) is 1.87. The van der Waals surface area contributed by atoms with Crippen molar-refractivity contribution in [3.8, 4) is 5.75 Å². The maximum absolute atomic E-state index is 12.6. The largest absolute Gasteiger partial charge is 0.493 e. The number of piperidine rings is 1. The molecule has 0 aliphatic carbocycles. The van der Waals surface area contributed by atoms with Crippen LogP contribution in [0.3, 0.4) is 0 Å². The van der Waals surface area contributed by atoms with E-state index in [1.807, 2.05) is 23.1 Å². The average molecular weight is 429 g/mol. The van der Waals surface area contributed by atoms with Crippen LogP contribution in [0, 0.1) is 5.92 Å². The molecule has 0 aromatic heterocycles. The molecule has 0 radical (unpaired) electrons. The van der Waals surface area contributed by atoms with Gasteiger partial charge in [-0.1, -0.05) is 43.3 Å². The molecule has 1 saturated heterocycles. The molecule has 2 aliphatic heterocycles. The third-order valence-corrected chi connectivity index (χ3v) is 6.21. The summed E-state index contributed by atoms with van der Waals surface area (Å²) < 4.78 is 5.90. The number of carbonyl (C=O) groups is 1. The fourth-order valence-corrected chi connectivity index (χ4v) is 4.51. The molecule has 0 unspecified atom stereocenters. The van der Waals surface area contributed by atoms with Crippen LogP contribution in [0.4, 0.5) is 0 Å². The van der Waals surface area contributed by atoms with Crippen molar-refractivity contribution in [3.63, 3.8) is 0 Å². The molecule has 2 aliphatic rings. The van der Waals surface area contributed by atoms with E-state index in [2.05, 4.69) is 42.2 Å². The molecule has 0 bridgehead atoms. The van der Waals surface area contributed by atoms with E-state index in [0.29, 0.717) is 5.92 Å². The van der Waals surface area contributed by atoms with Gasteiger partial charge in [-0.15, -0.1) is 12.4 Å². The first-order chi connectivity index (χ1) is 14.2. The Hall–Kier alpha value is -2.04. The second kappa shape index (κ2) is 10.8. The minimum Gasteiger partial charge on any atom is -0.493 e. The number of hydrogen-bond donors (Lipinski definition) is 0. The Kier molecular flexibility index (Phi) is 8.17. The highest BCUT2D eigenvalue weighted by molar-refractivity contribution is 5.98. The molecule has 0 N–H and O–H groups in total. The second-order valence-corrected chi connectivity index (χ2v) is 8.33. The number of likely N-dealkylation sites (tertiary alicyclic amines) is 1. The van der Waals surface area contributed by atoms with Gasteiger partial charge in [-0.25, -0.2) is 0 Å². The predicted molar refractivity (Wildman–Crippen MR) is 124 cm³/mol. The summed E-state index contributed by atoms with van der Waals surface area (Å²) in [5.41, 5.74) is 3.39. The average Bonchev–Trinajstić information content (AvgIpc) is 3.08. The van der Waals surface area contributed by atoms with Crippen LogP contribution in [0.2, 0.25) is 0 Å². The maximum Gasteiger partial charge on any atom is 0.254 e. The minimum atomic E-state index is 0. The lowest BCUT2D eigenvalue weighted by Crippen LogP contribution is -2.39. The van der Waals surface area contributed by atoms with Gasteiger partial charge in [-0.05, 0) is 68.0 Å². The summed E-state index contributed by atoms with van der Waals surface area (Å²) in [6.07, 6.45) is 4.42. The van der Waals surface area contributed by atoms with E-state index in [0.717, 1.165) is 63.5 Å². The molecule has 2 aromatic rings. The number of nitrogens with zero attached hydrogens (tertiary/aromatic N) is 2. The Morgan fingerprint density at radius 2 is 1.77 bits per heavy atom. The third kappa shape index (κ3) is 5.35. The number of carbonyl (C=O) groups excluding carboxylic acids is 1. The van der Waals surface area contributed by atoms with E-state index < -0.39 is 0 Å². The number of benzene rings is 2. The van der Waals surface area contributed by atoms with Crippen LogP contribution in [-0.2, 0) is 13.0 Å². The lowest BCUT2D eigenvalue weighted by Gasteiger charge is -2.34. The smallest absolute Gasteiger partial charge is 0.254 e. The van der Waals surface area contributed by atoms with Gasteiger partial charge < -0.3 is 14.5 Å². The van der Waals surface area contributed by atoms with Crippen molar-refractivity contribution >= 4 is 18.3 Å². The highest BCUT2D eigenvalue weighted by Gasteiger charge is 2.30. The number of ether oxygens (including phenoxy) is 1. The van der Waals surface area contributed by atoms with Gasteiger partial charge >= 0.3 is 0 Å². The van der Waals surface area contributed by atoms with E-state index in [9.17, 15) is 4.79 Å². The van der Waals surface area contributed by atoms with E-state index in [1.165, 1.54) is 24.0 Å². The van der Waals surface area contributed by atoms with Crippen LogP contribution in [-0.4, -0.2) is 48.5 Å². The minimum absolute atomic E-state index is 0. The van der Waals surface area contributed by atoms with Crippen LogP contribution in [0.5, 0.6) is 5.75 Å². The van der Waals surface area contributed by atoms with E-state index >= 15 is 0 Å². The summed E-state index contributed by atoms with van der Waals surface area (Å²) in [7, 11) is 0. The zero-order valence-electron chi connectivity index (χ0n) is 17.9. The normalized spacial score (nSPS) is 17.0. The maximum atomic E-state index is 12.6. The number of hydrogen-bond acceptors (Lipinski definition) is 3. The van der Waals surface area contributed by atoms with E-state index in [-0.39, 0.29) is 18.3 Å². The topological polar surface area (TPSA) is 32.8 Å². The van der Waals surface area contributed by atoms with Gasteiger partial charge in [0.05, 0.1) is 6.61 Å². The van der Waals surface area contributed by atoms with Crippen LogP contribution in [0.15, 0.2) is 48.5 Å². The summed E-state index contributed by atoms with van der Waals surface area (Å²) in [4.78, 5) is 17.2. The van der Waals surface area contributed by atoms with Crippen molar-refractivity contribution in [2.24, 2.45) is 5.92 Å². The molecular weight excluding hydrogens is 396 g/mol. The number of rotatable bonds is 8. The van der Waals surface area contributed by atoms with Gasteiger partial charge in [0.1, 0.15) is 5.75 Å². The molecule has 2 aromatic carbocycles. The third-order valence-electron chi connectivity index (χ3n) is 6.21. The van der Waals surface area contributed by atoms with Gasteiger partial charge in [0.2, 0.25) is 0 Å². The first kappa shape index (κ1) is 22.6. The highest BCUT2D eigenvalue weighted by Crippen LogP contribution is 2.27. The van der Waals surface area contributed by atoms with Gasteiger partial charge in [0, 0.05) is 25.2 Å². The monoisotopic (exact) mass is 428 g/mol. The predicted octanol–water partition coefficient (Wildman–Crippen LogP) is 4.81. The Bertz CT molecular complexity index is 833. The van der Waals surface area contributed by atoms with Crippen molar-refractivity contribution in [2.75, 3.05) is 32.8 Å². The Morgan fingerprint density at radius 3 is 2.53 bits per heavy atom. The molecule has 30 heavy (non-hydrogen) atoms. The molecule has 4 nitrogen and oxygen atoms in total. The van der Waals surface area contributed by atoms with Crippen LogP contribution >= 0.6 is 12.4 Å². The molecule has 1 fully saturated rings. The number of para-hydroxylation sites is 1. The zero-order chi connectivity index (χ0) is 20.1. The molecule has 0 atom stereocenters. The van der Waals surface area contributed by atoms with Gasteiger partial charge in [0.15, 0.2) is 0 Å². The summed E-state index contributed by atoms with van der Waals surface area (Å²) in [6.45, 7) is 7.92. The molecule has 0 saturated carbocycles. The van der Waals surface area contributed by atoms with Gasteiger partial charge in [-0.2, -0.15) is 0 Å². The SMILES string of the molecule is CCCOc1ccccc1CCN1CCC(CN2Cc3ccccc3C2=O)CC1.Cl. The summed E-state index contributed by atoms with van der Waals surface area (Å²) in [6, 6.07) is 16.5. The summed E-state index contributed by atoms with van der Waals surface area (Å²) in [5, 5.41) is 0. The quantitative estimate of drug-likeness (QED) is 0.605. The van der Waals surface area contributed by atoms with Crippen molar-refractivity contribution in [3.05, 3.63) is 65.2 Å². The molecule has 2 heterocycles. The Morgan fingerprint density at radius 1 is 1.03 bits per heavy atom. The molecule has 4 rings (SSSR count). The lowest BCUT2D eigenvalue weighted by molar-refractivity contribution is 0.0714. The van der Waals surface area contributed by atoms with Gasteiger partial charge in [-0.3, -0.25) is 4.79 Å². The summed E-state index contributed by atoms with van der Waals surface area (Å²) >= 11 is 0. The van der Waals surface area contributed by atoms with Crippen LogP contribution in [0.1, 0.15) is 47.7 Å². The van der Waals surface area contributed by atoms with Crippen LogP contribution in [0.25, 0.3) is 0 Å². The second-order valence-electron chi connectivity index (χ2n) is 8.33. The number of fused-ring (bicyclic) bond motifs is 1. The van der Waals surface area contributed by atoms with E-state index in [4.69, 9.17) is 4.74 Å². The van der Waals surface area contributed by atoms with Crippen molar-refractivity contribution in [1.82, 2.24) is 9.80 Å². The molecule has 1 amide bonds. The first-order valence-electron chi connectivity index (χ1n) is 11.0. The molecule has 162 valence electrons. The lowest BCUT2D eigenvalue weighted by atomic mass is 9.96. The van der Waals surface area contributed by atoms with Gasteiger partial charge in [0.25, 0.3) is 5.91 Å². The molecule has 0 spiro atoms. The highest BCUT2D eigenvalue weighted by atomic mass is 35.5. The number of amides is 1. The van der Waals surface area contributed by atoms with Crippen molar-refractivity contribution < 1.29 is 9.53 Å². The fraction of sp³-hybridized carbons (Fsp3) is 0.480. The molecule has 5 heteroatoms. The standard InChI is InChI=1S/C25H32N2O2.ClH/c1-2-17-29-24-10-6-4-7-21(24)13-16-26-14-11-20(12-15-26)18-27-19-22-8-3-5-9-23(22)25(27)28;/h3-10,20H,2,11-19H2,1H3;1H. The fourth-order valence-electron chi connectivity index (χ4n) is 4.51. The van der Waals surface area contributed by atoms with Crippen LogP contribution < -0.4 is 4.74 Å². The Labute approximate surface area is 186 Å². The number of halogens is 1. The molecular formula is C25H33ClN2O2. The van der Waals surface area contributed by atoms with Crippen molar-refractivity contribution in [2.45, 2.75) is 39.2 Å². The van der Waals surface area contributed by atoms with Crippen molar-refractivity contribution in [1.29, 1.82) is 0 Å². The Balaban J connectivity index is 0.00000256. The van der Waals surface area contributed by atoms with E-state index in [1.54, 1.807) is 0 Å².